The van der Waals surface area contributed by atoms with Crippen molar-refractivity contribution in [2.45, 2.75) is 6.42 Å². The van der Waals surface area contributed by atoms with Gasteiger partial charge in [-0.1, -0.05) is 0 Å². The van der Waals surface area contributed by atoms with Gasteiger partial charge in [0.1, 0.15) is 11.5 Å². The van der Waals surface area contributed by atoms with Crippen LogP contribution < -0.4 is 5.32 Å². The zero-order chi connectivity index (χ0) is 11.4. The molecule has 0 fully saturated rings. The first-order valence-corrected chi connectivity index (χ1v) is 5.00. The molecular formula is C10H13N5O. The third kappa shape index (κ3) is 2.47. The maximum Gasteiger partial charge on any atom is 0.271 e. The van der Waals surface area contributed by atoms with Crippen molar-refractivity contribution in [1.29, 1.82) is 0 Å². The Bertz CT molecular complexity index is 459. The molecule has 2 N–H and O–H groups in total. The van der Waals surface area contributed by atoms with Crippen LogP contribution in [-0.2, 0) is 13.5 Å². The van der Waals surface area contributed by atoms with E-state index in [-0.39, 0.29) is 5.91 Å². The molecule has 0 saturated carbocycles. The Labute approximate surface area is 92.7 Å². The normalized spacial score (nSPS) is 10.3. The summed E-state index contributed by atoms with van der Waals surface area (Å²) in [5.41, 5.74) is 0.432. The smallest absolute Gasteiger partial charge is 0.271 e. The van der Waals surface area contributed by atoms with Crippen LogP contribution in [0.2, 0.25) is 0 Å². The maximum absolute atomic E-state index is 11.6. The zero-order valence-corrected chi connectivity index (χ0v) is 8.97. The number of hydrogen-bond acceptors (Lipinski definition) is 3. The summed E-state index contributed by atoms with van der Waals surface area (Å²) < 4.78 is 1.74. The van der Waals surface area contributed by atoms with Gasteiger partial charge in [-0.15, -0.1) is 0 Å². The van der Waals surface area contributed by atoms with Crippen molar-refractivity contribution in [3.8, 4) is 0 Å². The second-order valence-electron chi connectivity index (χ2n) is 3.47. The van der Waals surface area contributed by atoms with Crippen LogP contribution in [0.5, 0.6) is 0 Å². The van der Waals surface area contributed by atoms with Gasteiger partial charge in [0.15, 0.2) is 0 Å². The SMILES string of the molecule is Cn1cnc(C(=O)NCCc2ncc[nH]2)c1. The molecule has 0 atom stereocenters. The molecule has 6 heteroatoms. The number of rotatable bonds is 4. The van der Waals surface area contributed by atoms with Crippen molar-refractivity contribution in [2.24, 2.45) is 7.05 Å². The first-order chi connectivity index (χ1) is 7.75. The summed E-state index contributed by atoms with van der Waals surface area (Å²) in [5.74, 6) is 0.702. The third-order valence-corrected chi connectivity index (χ3v) is 2.14. The number of aromatic nitrogens is 4. The molecule has 0 aliphatic rings. The molecule has 0 aromatic carbocycles. The van der Waals surface area contributed by atoms with Crippen molar-refractivity contribution in [3.63, 3.8) is 0 Å². The Morgan fingerprint density at radius 2 is 2.44 bits per heavy atom. The zero-order valence-electron chi connectivity index (χ0n) is 8.97. The highest BCUT2D eigenvalue weighted by molar-refractivity contribution is 5.91. The minimum absolute atomic E-state index is 0.160. The van der Waals surface area contributed by atoms with Crippen LogP contribution in [0.1, 0.15) is 16.3 Å². The monoisotopic (exact) mass is 219 g/mol. The van der Waals surface area contributed by atoms with E-state index in [0.717, 1.165) is 5.82 Å². The number of carbonyl (C=O) groups excluding carboxylic acids is 1. The van der Waals surface area contributed by atoms with Gasteiger partial charge in [-0.3, -0.25) is 4.79 Å². The lowest BCUT2D eigenvalue weighted by Gasteiger charge is -2.00. The third-order valence-electron chi connectivity index (χ3n) is 2.14. The molecule has 0 aliphatic carbocycles. The standard InChI is InChI=1S/C10H13N5O/c1-15-6-8(14-7-15)10(16)13-3-2-9-11-4-5-12-9/h4-7H,2-3H2,1H3,(H,11,12)(H,13,16). The fourth-order valence-corrected chi connectivity index (χ4v) is 1.35. The number of carbonyl (C=O) groups is 1. The largest absolute Gasteiger partial charge is 0.350 e. The summed E-state index contributed by atoms with van der Waals surface area (Å²) in [6.07, 6.45) is 7.42. The van der Waals surface area contributed by atoms with Crippen molar-refractivity contribution < 1.29 is 4.79 Å². The first kappa shape index (κ1) is 10.4. The lowest BCUT2D eigenvalue weighted by molar-refractivity contribution is 0.0949. The first-order valence-electron chi connectivity index (χ1n) is 5.00. The van der Waals surface area contributed by atoms with Crippen LogP contribution in [0.25, 0.3) is 0 Å². The molecule has 0 bridgehead atoms. The van der Waals surface area contributed by atoms with E-state index in [0.29, 0.717) is 18.7 Å². The molecule has 0 unspecified atom stereocenters. The summed E-state index contributed by atoms with van der Waals surface area (Å²) in [6, 6.07) is 0. The van der Waals surface area contributed by atoms with E-state index in [1.165, 1.54) is 0 Å². The lowest BCUT2D eigenvalue weighted by Crippen LogP contribution is -2.26. The Hall–Kier alpha value is -2.11. The van der Waals surface area contributed by atoms with Crippen LogP contribution in [0.15, 0.2) is 24.9 Å². The van der Waals surface area contributed by atoms with Gasteiger partial charge in [-0.25, -0.2) is 9.97 Å². The van der Waals surface area contributed by atoms with E-state index in [1.54, 1.807) is 29.5 Å². The molecule has 2 aromatic heterocycles. The maximum atomic E-state index is 11.6. The molecule has 2 rings (SSSR count). The number of nitrogens with zero attached hydrogens (tertiary/aromatic N) is 3. The molecule has 0 radical (unpaired) electrons. The predicted octanol–water partition coefficient (Wildman–Crippen LogP) is 0.116. The molecule has 1 amide bonds. The van der Waals surface area contributed by atoms with Gasteiger partial charge in [-0.05, 0) is 0 Å². The number of aromatic amines is 1. The summed E-state index contributed by atoms with van der Waals surface area (Å²) in [5, 5.41) is 2.78. The van der Waals surface area contributed by atoms with Gasteiger partial charge >= 0.3 is 0 Å². The second-order valence-corrected chi connectivity index (χ2v) is 3.47. The highest BCUT2D eigenvalue weighted by atomic mass is 16.1. The molecule has 0 spiro atoms. The summed E-state index contributed by atoms with van der Waals surface area (Å²) >= 11 is 0. The minimum Gasteiger partial charge on any atom is -0.350 e. The van der Waals surface area contributed by atoms with Crippen LogP contribution >= 0.6 is 0 Å². The fourth-order valence-electron chi connectivity index (χ4n) is 1.35. The quantitative estimate of drug-likeness (QED) is 0.766. The van der Waals surface area contributed by atoms with Gasteiger partial charge in [0.05, 0.1) is 6.33 Å². The van der Waals surface area contributed by atoms with E-state index < -0.39 is 0 Å². The molecule has 0 saturated heterocycles. The van der Waals surface area contributed by atoms with Crippen molar-refractivity contribution in [1.82, 2.24) is 24.8 Å². The van der Waals surface area contributed by atoms with Crippen LogP contribution in [0.4, 0.5) is 0 Å². The number of aryl methyl sites for hydroxylation is 1. The molecule has 6 nitrogen and oxygen atoms in total. The van der Waals surface area contributed by atoms with Crippen molar-refractivity contribution in [3.05, 3.63) is 36.4 Å². The van der Waals surface area contributed by atoms with Gasteiger partial charge in [-0.2, -0.15) is 0 Å². The van der Waals surface area contributed by atoms with Gasteiger partial charge in [0, 0.05) is 38.6 Å². The minimum atomic E-state index is -0.160. The van der Waals surface area contributed by atoms with Gasteiger partial charge in [0.2, 0.25) is 0 Å². The van der Waals surface area contributed by atoms with Gasteiger partial charge in [0.25, 0.3) is 5.91 Å². The Morgan fingerprint density at radius 1 is 1.56 bits per heavy atom. The molecule has 84 valence electrons. The summed E-state index contributed by atoms with van der Waals surface area (Å²) in [7, 11) is 1.83. The number of imidazole rings is 2. The molecule has 2 aromatic rings. The predicted molar refractivity (Wildman–Crippen MR) is 57.8 cm³/mol. The highest BCUT2D eigenvalue weighted by Crippen LogP contribution is 1.94. The van der Waals surface area contributed by atoms with E-state index >= 15 is 0 Å². The summed E-state index contributed by atoms with van der Waals surface area (Å²) in [6.45, 7) is 0.545. The van der Waals surface area contributed by atoms with E-state index in [9.17, 15) is 4.79 Å². The molecule has 2 heterocycles. The van der Waals surface area contributed by atoms with Crippen molar-refractivity contribution >= 4 is 5.91 Å². The van der Waals surface area contributed by atoms with Crippen LogP contribution in [0.3, 0.4) is 0 Å². The number of hydrogen-bond donors (Lipinski definition) is 2. The van der Waals surface area contributed by atoms with Crippen molar-refractivity contribution in [2.75, 3.05) is 6.54 Å². The number of nitrogens with one attached hydrogen (secondary N) is 2. The topological polar surface area (TPSA) is 75.6 Å². The van der Waals surface area contributed by atoms with Crippen LogP contribution in [0, 0.1) is 0 Å². The fraction of sp³-hybridized carbons (Fsp3) is 0.300. The van der Waals surface area contributed by atoms with E-state index in [4.69, 9.17) is 0 Å². The lowest BCUT2D eigenvalue weighted by atomic mass is 10.4. The highest BCUT2D eigenvalue weighted by Gasteiger charge is 2.07. The van der Waals surface area contributed by atoms with E-state index in [2.05, 4.69) is 20.3 Å². The van der Waals surface area contributed by atoms with Gasteiger partial charge < -0.3 is 14.9 Å². The Kier molecular flexibility index (Phi) is 3.00. The Balaban J connectivity index is 1.80. The second kappa shape index (κ2) is 4.61. The molecule has 0 aliphatic heterocycles. The van der Waals surface area contributed by atoms with E-state index in [1.807, 2.05) is 7.05 Å². The average Bonchev–Trinajstić information content (AvgIpc) is 2.89. The average molecular weight is 219 g/mol. The Morgan fingerprint density at radius 3 is 3.06 bits per heavy atom. The summed E-state index contributed by atoms with van der Waals surface area (Å²) in [4.78, 5) is 22.6. The van der Waals surface area contributed by atoms with Crippen LogP contribution in [-0.4, -0.2) is 32.0 Å². The molecule has 16 heavy (non-hydrogen) atoms. The number of amides is 1. The molecular weight excluding hydrogens is 206 g/mol. The number of H-pyrrole nitrogens is 1.